The van der Waals surface area contributed by atoms with E-state index in [1.54, 1.807) is 0 Å². The largest absolute Gasteiger partial charge is 0.487 e. The third-order valence-corrected chi connectivity index (χ3v) is 6.84. The van der Waals surface area contributed by atoms with E-state index in [4.69, 9.17) is 4.74 Å². The van der Waals surface area contributed by atoms with E-state index in [2.05, 4.69) is 82.5 Å². The number of hydrogen-bond acceptors (Lipinski definition) is 3. The third kappa shape index (κ3) is 3.60. The summed E-state index contributed by atoms with van der Waals surface area (Å²) in [6.07, 6.45) is 1.00. The van der Waals surface area contributed by atoms with Crippen LogP contribution >= 0.6 is 0 Å². The lowest BCUT2D eigenvalue weighted by Gasteiger charge is -2.39. The Morgan fingerprint density at radius 1 is 0.828 bits per heavy atom. The summed E-state index contributed by atoms with van der Waals surface area (Å²) in [4.78, 5) is 5.12. The summed E-state index contributed by atoms with van der Waals surface area (Å²) >= 11 is 0. The number of fused-ring (bicyclic) bond motifs is 1. The SMILES string of the molecule is Cc1c(C)c(N2CCN(c3ccc(C(C)C)cc3)CC2)c(C)c2c1OC(C)(C)C2. The van der Waals surface area contributed by atoms with E-state index >= 15 is 0 Å². The Balaban J connectivity index is 1.54. The van der Waals surface area contributed by atoms with Crippen LogP contribution in [0, 0.1) is 20.8 Å². The summed E-state index contributed by atoms with van der Waals surface area (Å²) in [5.41, 5.74) is 9.65. The minimum atomic E-state index is -0.0935. The number of anilines is 2. The lowest BCUT2D eigenvalue weighted by molar-refractivity contribution is 0.137. The summed E-state index contributed by atoms with van der Waals surface area (Å²) in [5.74, 6) is 1.72. The molecule has 0 N–H and O–H groups in total. The molecule has 3 heteroatoms. The summed E-state index contributed by atoms with van der Waals surface area (Å²) in [6, 6.07) is 9.15. The zero-order valence-electron chi connectivity index (χ0n) is 19.2. The summed E-state index contributed by atoms with van der Waals surface area (Å²) < 4.78 is 6.30. The zero-order chi connectivity index (χ0) is 20.9. The van der Waals surface area contributed by atoms with E-state index in [-0.39, 0.29) is 5.60 Å². The first-order chi connectivity index (χ1) is 13.7. The van der Waals surface area contributed by atoms with Crippen molar-refractivity contribution in [2.45, 2.75) is 66.4 Å². The van der Waals surface area contributed by atoms with Crippen LogP contribution < -0.4 is 14.5 Å². The molecule has 156 valence electrons. The van der Waals surface area contributed by atoms with Crippen molar-refractivity contribution in [2.24, 2.45) is 0 Å². The van der Waals surface area contributed by atoms with Crippen LogP contribution in [0.1, 0.15) is 61.4 Å². The molecule has 1 fully saturated rings. The number of piperazine rings is 1. The Morgan fingerprint density at radius 3 is 2.00 bits per heavy atom. The molecular weight excluding hydrogens is 356 g/mol. The maximum absolute atomic E-state index is 6.30. The fourth-order valence-corrected chi connectivity index (χ4v) is 4.99. The predicted molar refractivity (Wildman–Crippen MR) is 124 cm³/mol. The Labute approximate surface area is 176 Å². The molecule has 0 radical (unpaired) electrons. The average Bonchev–Trinajstić information content (AvgIpc) is 3.03. The number of ether oxygens (including phenoxy) is 1. The predicted octanol–water partition coefficient (Wildman–Crippen LogP) is 5.78. The molecule has 0 aromatic heterocycles. The normalized spacial score (nSPS) is 18.2. The van der Waals surface area contributed by atoms with Crippen LogP contribution in [0.3, 0.4) is 0 Å². The quantitative estimate of drug-likeness (QED) is 0.659. The van der Waals surface area contributed by atoms with Crippen molar-refractivity contribution in [1.82, 2.24) is 0 Å². The lowest BCUT2D eigenvalue weighted by atomic mass is 9.91. The second kappa shape index (κ2) is 7.27. The van der Waals surface area contributed by atoms with Crippen molar-refractivity contribution in [2.75, 3.05) is 36.0 Å². The molecule has 2 aliphatic rings. The molecule has 2 aromatic carbocycles. The van der Waals surface area contributed by atoms with Gasteiger partial charge in [0, 0.05) is 49.5 Å². The molecule has 29 heavy (non-hydrogen) atoms. The smallest absolute Gasteiger partial charge is 0.127 e. The second-order valence-electron chi connectivity index (χ2n) is 9.79. The minimum Gasteiger partial charge on any atom is -0.487 e. The van der Waals surface area contributed by atoms with Gasteiger partial charge >= 0.3 is 0 Å². The molecule has 0 aliphatic carbocycles. The van der Waals surface area contributed by atoms with Crippen LogP contribution in [0.25, 0.3) is 0 Å². The summed E-state index contributed by atoms with van der Waals surface area (Å²) in [7, 11) is 0. The molecule has 2 aliphatic heterocycles. The van der Waals surface area contributed by atoms with Crippen molar-refractivity contribution in [3.05, 3.63) is 52.1 Å². The van der Waals surface area contributed by atoms with Gasteiger partial charge in [-0.25, -0.2) is 0 Å². The second-order valence-corrected chi connectivity index (χ2v) is 9.79. The highest BCUT2D eigenvalue weighted by Crippen LogP contribution is 2.45. The van der Waals surface area contributed by atoms with Gasteiger partial charge in [-0.3, -0.25) is 0 Å². The number of rotatable bonds is 3. The highest BCUT2D eigenvalue weighted by molar-refractivity contribution is 5.70. The molecule has 0 spiro atoms. The Bertz CT molecular complexity index is 904. The highest BCUT2D eigenvalue weighted by atomic mass is 16.5. The van der Waals surface area contributed by atoms with Gasteiger partial charge in [0.05, 0.1) is 0 Å². The van der Waals surface area contributed by atoms with Gasteiger partial charge < -0.3 is 14.5 Å². The molecule has 4 rings (SSSR count). The summed E-state index contributed by atoms with van der Waals surface area (Å²) in [5, 5.41) is 0. The minimum absolute atomic E-state index is 0.0935. The monoisotopic (exact) mass is 392 g/mol. The summed E-state index contributed by atoms with van der Waals surface area (Å²) in [6.45, 7) is 20.0. The fourth-order valence-electron chi connectivity index (χ4n) is 4.99. The molecule has 0 amide bonds. The number of hydrogen-bond donors (Lipinski definition) is 0. The van der Waals surface area contributed by atoms with E-state index in [1.807, 2.05) is 0 Å². The van der Waals surface area contributed by atoms with Gasteiger partial charge in [-0.15, -0.1) is 0 Å². The van der Waals surface area contributed by atoms with Gasteiger partial charge in [0.15, 0.2) is 0 Å². The molecule has 1 saturated heterocycles. The molecule has 3 nitrogen and oxygen atoms in total. The Hall–Kier alpha value is -2.16. The van der Waals surface area contributed by atoms with Crippen LogP contribution in [0.4, 0.5) is 11.4 Å². The Kier molecular flexibility index (Phi) is 5.04. The van der Waals surface area contributed by atoms with E-state index < -0.39 is 0 Å². The third-order valence-electron chi connectivity index (χ3n) is 6.84. The molecule has 0 atom stereocenters. The molecule has 0 bridgehead atoms. The first kappa shape index (κ1) is 20.1. The van der Waals surface area contributed by atoms with Crippen LogP contribution in [0.2, 0.25) is 0 Å². The van der Waals surface area contributed by atoms with Crippen LogP contribution in [-0.4, -0.2) is 31.8 Å². The number of nitrogens with zero attached hydrogens (tertiary/aromatic N) is 2. The highest BCUT2D eigenvalue weighted by Gasteiger charge is 2.35. The molecule has 0 unspecified atom stereocenters. The van der Waals surface area contributed by atoms with Crippen molar-refractivity contribution < 1.29 is 4.74 Å². The van der Waals surface area contributed by atoms with Gasteiger partial charge in [-0.05, 0) is 74.9 Å². The van der Waals surface area contributed by atoms with Crippen molar-refractivity contribution in [1.29, 1.82) is 0 Å². The zero-order valence-corrected chi connectivity index (χ0v) is 19.2. The van der Waals surface area contributed by atoms with E-state index in [9.17, 15) is 0 Å². The lowest BCUT2D eigenvalue weighted by Crippen LogP contribution is -2.47. The molecule has 2 heterocycles. The van der Waals surface area contributed by atoms with Gasteiger partial charge in [-0.1, -0.05) is 26.0 Å². The first-order valence-corrected chi connectivity index (χ1v) is 11.1. The maximum atomic E-state index is 6.30. The van der Waals surface area contributed by atoms with E-state index in [1.165, 1.54) is 39.2 Å². The molecular formula is C26H36N2O. The van der Waals surface area contributed by atoms with Crippen molar-refractivity contribution >= 4 is 11.4 Å². The van der Waals surface area contributed by atoms with E-state index in [0.29, 0.717) is 5.92 Å². The van der Waals surface area contributed by atoms with Crippen LogP contribution in [0.15, 0.2) is 24.3 Å². The Morgan fingerprint density at radius 2 is 1.41 bits per heavy atom. The van der Waals surface area contributed by atoms with Crippen LogP contribution in [-0.2, 0) is 6.42 Å². The van der Waals surface area contributed by atoms with Gasteiger partial charge in [0.2, 0.25) is 0 Å². The van der Waals surface area contributed by atoms with Crippen molar-refractivity contribution in [3.63, 3.8) is 0 Å². The molecule has 2 aromatic rings. The topological polar surface area (TPSA) is 15.7 Å². The number of benzene rings is 2. The average molecular weight is 393 g/mol. The van der Waals surface area contributed by atoms with Crippen LogP contribution in [0.5, 0.6) is 5.75 Å². The maximum Gasteiger partial charge on any atom is 0.127 e. The van der Waals surface area contributed by atoms with Gasteiger partial charge in [0.1, 0.15) is 11.4 Å². The van der Waals surface area contributed by atoms with Gasteiger partial charge in [0.25, 0.3) is 0 Å². The fraction of sp³-hybridized carbons (Fsp3) is 0.538. The van der Waals surface area contributed by atoms with Crippen molar-refractivity contribution in [3.8, 4) is 5.75 Å². The first-order valence-electron chi connectivity index (χ1n) is 11.1. The molecule has 0 saturated carbocycles. The van der Waals surface area contributed by atoms with E-state index in [0.717, 1.165) is 38.3 Å². The standard InChI is InChI=1S/C26H36N2O/c1-17(2)21-8-10-22(11-9-21)27-12-14-28(15-13-27)24-18(3)19(4)25-23(20(24)5)16-26(6,7)29-25/h8-11,17H,12-16H2,1-7H3. The van der Waals surface area contributed by atoms with Gasteiger partial charge in [-0.2, -0.15) is 0 Å².